The molecule has 0 aromatic heterocycles. The van der Waals surface area contributed by atoms with Gasteiger partial charge in [-0.05, 0) is 55.7 Å². The Balaban J connectivity index is 0.00000144. The van der Waals surface area contributed by atoms with E-state index in [9.17, 15) is 4.79 Å². The fourth-order valence-electron chi connectivity index (χ4n) is 3.66. The number of hydrogen-bond acceptors (Lipinski definition) is 2. The molecule has 2 aliphatic carbocycles. The molecule has 0 bridgehead atoms. The number of halogens is 1. The van der Waals surface area contributed by atoms with Gasteiger partial charge in [-0.1, -0.05) is 24.3 Å². The van der Waals surface area contributed by atoms with Gasteiger partial charge < -0.3 is 10.2 Å². The number of nitrogens with zero attached hydrogens (tertiary/aromatic N) is 1. The largest absolute Gasteiger partial charge is 0.342 e. The molecule has 2 fully saturated rings. The van der Waals surface area contributed by atoms with Crippen LogP contribution in [0, 0.1) is 5.92 Å². The number of piperidine rings is 1. The highest BCUT2D eigenvalue weighted by atomic mass is 35.5. The van der Waals surface area contributed by atoms with Crippen LogP contribution < -0.4 is 5.32 Å². The second-order valence-corrected chi connectivity index (χ2v) is 6.91. The number of rotatable bonds is 4. The van der Waals surface area contributed by atoms with Crippen LogP contribution in [0.15, 0.2) is 24.3 Å². The molecule has 1 atom stereocenters. The molecule has 3 nitrogen and oxygen atoms in total. The molecule has 0 radical (unpaired) electrons. The topological polar surface area (TPSA) is 32.3 Å². The first-order chi connectivity index (χ1) is 10.3. The van der Waals surface area contributed by atoms with Crippen molar-refractivity contribution in [2.45, 2.75) is 44.1 Å². The van der Waals surface area contributed by atoms with Crippen LogP contribution in [0.4, 0.5) is 0 Å². The lowest BCUT2D eigenvalue weighted by Crippen LogP contribution is -2.48. The summed E-state index contributed by atoms with van der Waals surface area (Å²) in [6.45, 7) is 3.05. The fraction of sp³-hybridized carbons (Fsp3) is 0.611. The van der Waals surface area contributed by atoms with Gasteiger partial charge >= 0.3 is 0 Å². The summed E-state index contributed by atoms with van der Waals surface area (Å²) in [6, 6.07) is 9.00. The van der Waals surface area contributed by atoms with Gasteiger partial charge in [-0.25, -0.2) is 0 Å². The van der Waals surface area contributed by atoms with E-state index < -0.39 is 0 Å². The van der Waals surface area contributed by atoms with Gasteiger partial charge in [-0.3, -0.25) is 4.79 Å². The van der Waals surface area contributed by atoms with Crippen molar-refractivity contribution in [2.24, 2.45) is 5.92 Å². The molecule has 3 aliphatic rings. The first-order valence-corrected chi connectivity index (χ1v) is 8.41. The second-order valence-electron chi connectivity index (χ2n) is 6.91. The van der Waals surface area contributed by atoms with E-state index in [0.717, 1.165) is 38.3 Å². The van der Waals surface area contributed by atoms with Gasteiger partial charge in [0.1, 0.15) is 0 Å². The minimum atomic E-state index is 0. The molecule has 4 heteroatoms. The van der Waals surface area contributed by atoms with Crippen LogP contribution in [0.3, 0.4) is 0 Å². The van der Waals surface area contributed by atoms with Crippen LogP contribution in [0.2, 0.25) is 0 Å². The Morgan fingerprint density at radius 2 is 1.86 bits per heavy atom. The van der Waals surface area contributed by atoms with Crippen molar-refractivity contribution in [3.05, 3.63) is 35.4 Å². The van der Waals surface area contributed by atoms with Gasteiger partial charge in [0.05, 0.1) is 5.92 Å². The number of carbonyl (C=O) groups excluding carboxylic acids is 1. The Bertz CT molecular complexity index is 536. The Labute approximate surface area is 138 Å². The van der Waals surface area contributed by atoms with E-state index in [0.29, 0.717) is 11.9 Å². The van der Waals surface area contributed by atoms with Crippen molar-refractivity contribution in [2.75, 3.05) is 19.6 Å². The molecule has 1 aliphatic heterocycles. The maximum atomic E-state index is 12.6. The summed E-state index contributed by atoms with van der Waals surface area (Å²) in [5.41, 5.74) is 2.62. The molecule has 120 valence electrons. The average molecular weight is 321 g/mol. The molecule has 1 saturated heterocycles. The van der Waals surface area contributed by atoms with Crippen molar-refractivity contribution in [3.63, 3.8) is 0 Å². The lowest BCUT2D eigenvalue weighted by atomic mass is 9.76. The minimum absolute atomic E-state index is 0. The molecule has 4 rings (SSSR count). The molecular formula is C18H25ClN2O. The first kappa shape index (κ1) is 15.8. The van der Waals surface area contributed by atoms with Crippen molar-refractivity contribution < 1.29 is 4.79 Å². The van der Waals surface area contributed by atoms with Crippen molar-refractivity contribution >= 4 is 18.3 Å². The normalized spacial score (nSPS) is 24.2. The van der Waals surface area contributed by atoms with Crippen LogP contribution in [0.1, 0.15) is 42.7 Å². The minimum Gasteiger partial charge on any atom is -0.342 e. The van der Waals surface area contributed by atoms with E-state index in [1.165, 1.54) is 30.5 Å². The predicted molar refractivity (Wildman–Crippen MR) is 90.5 cm³/mol. The van der Waals surface area contributed by atoms with E-state index in [-0.39, 0.29) is 18.3 Å². The van der Waals surface area contributed by atoms with Crippen LogP contribution >= 0.6 is 12.4 Å². The third kappa shape index (κ3) is 3.16. The Hall–Kier alpha value is -1.06. The highest BCUT2D eigenvalue weighted by Crippen LogP contribution is 2.36. The van der Waals surface area contributed by atoms with Crippen LogP contribution in [0.25, 0.3) is 0 Å². The number of likely N-dealkylation sites (tertiary alicyclic amines) is 1. The Kier molecular flexibility index (Phi) is 4.74. The summed E-state index contributed by atoms with van der Waals surface area (Å²) in [5, 5.41) is 3.68. The molecule has 1 saturated carbocycles. The molecule has 0 spiro atoms. The van der Waals surface area contributed by atoms with Crippen molar-refractivity contribution in [3.8, 4) is 0 Å². The summed E-state index contributed by atoms with van der Waals surface area (Å²) in [7, 11) is 0. The number of hydrogen-bond donors (Lipinski definition) is 1. The smallest absolute Gasteiger partial charge is 0.230 e. The quantitative estimate of drug-likeness (QED) is 0.925. The standard InChI is InChI=1S/C18H24N2O.ClH/c21-18(17-11-14-3-1-2-4-16(14)17)20-9-7-15(8-10-20)19-12-13-5-6-13;/h1-4,13,15,17,19H,5-12H2;1H. The zero-order chi connectivity index (χ0) is 14.2. The fourth-order valence-corrected chi connectivity index (χ4v) is 3.66. The number of amides is 1. The Morgan fingerprint density at radius 1 is 1.14 bits per heavy atom. The first-order valence-electron chi connectivity index (χ1n) is 8.41. The Morgan fingerprint density at radius 3 is 2.55 bits per heavy atom. The van der Waals surface area contributed by atoms with Crippen molar-refractivity contribution in [1.29, 1.82) is 0 Å². The number of benzene rings is 1. The molecular weight excluding hydrogens is 296 g/mol. The van der Waals surface area contributed by atoms with Gasteiger partial charge in [0.25, 0.3) is 0 Å². The van der Waals surface area contributed by atoms with Crippen LogP contribution in [-0.2, 0) is 11.2 Å². The van der Waals surface area contributed by atoms with Gasteiger partial charge in [-0.2, -0.15) is 0 Å². The summed E-state index contributed by atoms with van der Waals surface area (Å²) in [5.74, 6) is 1.43. The average Bonchev–Trinajstić information content (AvgIpc) is 3.31. The van der Waals surface area contributed by atoms with E-state index in [1.807, 2.05) is 6.07 Å². The van der Waals surface area contributed by atoms with Gasteiger partial charge in [0.15, 0.2) is 0 Å². The number of fused-ring (bicyclic) bond motifs is 1. The van der Waals surface area contributed by atoms with E-state index in [4.69, 9.17) is 0 Å². The lowest BCUT2D eigenvalue weighted by molar-refractivity contribution is -0.134. The molecule has 1 unspecified atom stereocenters. The molecule has 1 aromatic carbocycles. The predicted octanol–water partition coefficient (Wildman–Crippen LogP) is 2.74. The zero-order valence-corrected chi connectivity index (χ0v) is 13.8. The van der Waals surface area contributed by atoms with Crippen molar-refractivity contribution in [1.82, 2.24) is 10.2 Å². The third-order valence-electron chi connectivity index (χ3n) is 5.35. The van der Waals surface area contributed by atoms with Crippen LogP contribution in [0.5, 0.6) is 0 Å². The number of nitrogens with one attached hydrogen (secondary N) is 1. The summed E-state index contributed by atoms with van der Waals surface area (Å²) in [6.07, 6.45) is 5.99. The molecule has 1 aromatic rings. The van der Waals surface area contributed by atoms with E-state index >= 15 is 0 Å². The maximum Gasteiger partial charge on any atom is 0.230 e. The summed E-state index contributed by atoms with van der Waals surface area (Å²) >= 11 is 0. The summed E-state index contributed by atoms with van der Waals surface area (Å²) in [4.78, 5) is 14.7. The van der Waals surface area contributed by atoms with Gasteiger partial charge in [-0.15, -0.1) is 12.4 Å². The highest BCUT2D eigenvalue weighted by molar-refractivity contribution is 5.87. The molecule has 1 N–H and O–H groups in total. The zero-order valence-electron chi connectivity index (χ0n) is 13.0. The number of carbonyl (C=O) groups is 1. The lowest BCUT2D eigenvalue weighted by Gasteiger charge is -2.38. The monoisotopic (exact) mass is 320 g/mol. The third-order valence-corrected chi connectivity index (χ3v) is 5.35. The molecule has 1 heterocycles. The van der Waals surface area contributed by atoms with E-state index in [2.05, 4.69) is 28.4 Å². The second kappa shape index (κ2) is 6.59. The SMILES string of the molecule is Cl.O=C(C1Cc2ccccc21)N1CCC(NCC2CC2)CC1. The van der Waals surface area contributed by atoms with Gasteiger partial charge in [0, 0.05) is 19.1 Å². The maximum absolute atomic E-state index is 12.6. The van der Waals surface area contributed by atoms with Gasteiger partial charge in [0.2, 0.25) is 5.91 Å². The summed E-state index contributed by atoms with van der Waals surface area (Å²) < 4.78 is 0. The van der Waals surface area contributed by atoms with E-state index in [1.54, 1.807) is 0 Å². The molecule has 1 amide bonds. The molecule has 22 heavy (non-hydrogen) atoms. The highest BCUT2D eigenvalue weighted by Gasteiger charge is 2.36. The van der Waals surface area contributed by atoms with Crippen LogP contribution in [-0.4, -0.2) is 36.5 Å².